The van der Waals surface area contributed by atoms with Crippen molar-refractivity contribution in [2.45, 2.75) is 51.5 Å². The van der Waals surface area contributed by atoms with Gasteiger partial charge < -0.3 is 11.1 Å². The first kappa shape index (κ1) is 15.3. The van der Waals surface area contributed by atoms with Crippen LogP contribution in [0, 0.1) is 5.92 Å². The van der Waals surface area contributed by atoms with E-state index in [0.29, 0.717) is 6.04 Å². The fourth-order valence-electron chi connectivity index (χ4n) is 3.80. The van der Waals surface area contributed by atoms with Gasteiger partial charge in [0.2, 0.25) is 0 Å². The summed E-state index contributed by atoms with van der Waals surface area (Å²) >= 11 is 1.71. The lowest BCUT2D eigenvalue weighted by Gasteiger charge is -2.37. The zero-order valence-corrected chi connectivity index (χ0v) is 13.9. The van der Waals surface area contributed by atoms with Crippen molar-refractivity contribution in [3.8, 4) is 0 Å². The SMILES string of the molecule is CCCN(CC1CCNCC1)C1CCc2nc(N)sc2C1. The molecule has 5 heteroatoms. The van der Waals surface area contributed by atoms with Gasteiger partial charge in [0, 0.05) is 17.5 Å². The van der Waals surface area contributed by atoms with Gasteiger partial charge in [-0.15, -0.1) is 11.3 Å². The van der Waals surface area contributed by atoms with Gasteiger partial charge in [-0.3, -0.25) is 4.90 Å². The number of piperidine rings is 1. The van der Waals surface area contributed by atoms with Crippen molar-refractivity contribution >= 4 is 16.5 Å². The molecule has 0 bridgehead atoms. The standard InChI is InChI=1S/C16H28N4S/c1-2-9-20(11-12-5-7-18-8-6-12)13-3-4-14-15(10-13)21-16(17)19-14/h12-13,18H,2-11H2,1H3,(H2,17,19). The van der Waals surface area contributed by atoms with Gasteiger partial charge in [-0.05, 0) is 64.1 Å². The van der Waals surface area contributed by atoms with Gasteiger partial charge >= 0.3 is 0 Å². The van der Waals surface area contributed by atoms with Gasteiger partial charge in [-0.25, -0.2) is 4.98 Å². The average Bonchev–Trinajstić information content (AvgIpc) is 2.87. The molecule has 2 heterocycles. The molecule has 21 heavy (non-hydrogen) atoms. The van der Waals surface area contributed by atoms with Crippen LogP contribution in [0.4, 0.5) is 5.13 Å². The van der Waals surface area contributed by atoms with Crippen molar-refractivity contribution in [2.75, 3.05) is 31.9 Å². The van der Waals surface area contributed by atoms with E-state index >= 15 is 0 Å². The first-order valence-electron chi connectivity index (χ1n) is 8.45. The Kier molecular flexibility index (Phi) is 5.14. The third-order valence-corrected chi connectivity index (χ3v) is 5.86. The van der Waals surface area contributed by atoms with Gasteiger partial charge in [0.1, 0.15) is 0 Å². The van der Waals surface area contributed by atoms with Crippen LogP contribution in [0.15, 0.2) is 0 Å². The third kappa shape index (κ3) is 3.76. The molecule has 1 aromatic heterocycles. The Morgan fingerprint density at radius 2 is 2.14 bits per heavy atom. The summed E-state index contributed by atoms with van der Waals surface area (Å²) in [7, 11) is 0. The molecular formula is C16H28N4S. The molecule has 0 amide bonds. The second-order valence-corrected chi connectivity index (χ2v) is 7.62. The number of anilines is 1. The molecule has 1 aliphatic heterocycles. The highest BCUT2D eigenvalue weighted by atomic mass is 32.1. The Labute approximate surface area is 132 Å². The van der Waals surface area contributed by atoms with Crippen molar-refractivity contribution < 1.29 is 0 Å². The summed E-state index contributed by atoms with van der Waals surface area (Å²) in [6.07, 6.45) is 7.45. The highest BCUT2D eigenvalue weighted by molar-refractivity contribution is 7.15. The van der Waals surface area contributed by atoms with Crippen LogP contribution in [0.5, 0.6) is 0 Å². The number of nitrogens with zero attached hydrogens (tertiary/aromatic N) is 2. The number of aromatic nitrogens is 1. The first-order chi connectivity index (χ1) is 10.3. The Balaban J connectivity index is 1.63. The van der Waals surface area contributed by atoms with Gasteiger partial charge in [0.05, 0.1) is 5.69 Å². The number of fused-ring (bicyclic) bond motifs is 1. The van der Waals surface area contributed by atoms with Crippen LogP contribution in [0.3, 0.4) is 0 Å². The highest BCUT2D eigenvalue weighted by Gasteiger charge is 2.28. The number of thiazole rings is 1. The van der Waals surface area contributed by atoms with E-state index in [0.717, 1.165) is 23.9 Å². The highest BCUT2D eigenvalue weighted by Crippen LogP contribution is 2.31. The maximum atomic E-state index is 5.87. The maximum absolute atomic E-state index is 5.87. The molecule has 3 N–H and O–H groups in total. The molecule has 118 valence electrons. The summed E-state index contributed by atoms with van der Waals surface area (Å²) in [5.74, 6) is 0.880. The summed E-state index contributed by atoms with van der Waals surface area (Å²) in [6, 6.07) is 0.701. The summed E-state index contributed by atoms with van der Waals surface area (Å²) in [5, 5.41) is 4.23. The van der Waals surface area contributed by atoms with Crippen molar-refractivity contribution in [1.82, 2.24) is 15.2 Å². The molecule has 1 aromatic rings. The Hall–Kier alpha value is -0.650. The summed E-state index contributed by atoms with van der Waals surface area (Å²) in [6.45, 7) is 7.21. The Morgan fingerprint density at radius 3 is 2.90 bits per heavy atom. The van der Waals surface area contributed by atoms with E-state index in [2.05, 4.69) is 22.1 Å². The fourth-order valence-corrected chi connectivity index (χ4v) is 4.74. The topological polar surface area (TPSA) is 54.2 Å². The molecule has 1 aliphatic carbocycles. The monoisotopic (exact) mass is 308 g/mol. The number of hydrogen-bond acceptors (Lipinski definition) is 5. The van der Waals surface area contributed by atoms with E-state index in [1.54, 1.807) is 11.3 Å². The van der Waals surface area contributed by atoms with Crippen LogP contribution in [0.25, 0.3) is 0 Å². The average molecular weight is 308 g/mol. The van der Waals surface area contributed by atoms with Gasteiger partial charge in [-0.1, -0.05) is 6.92 Å². The number of rotatable bonds is 5. The van der Waals surface area contributed by atoms with Crippen LogP contribution in [-0.4, -0.2) is 42.1 Å². The molecule has 1 saturated heterocycles. The molecule has 0 radical (unpaired) electrons. The normalized spacial score (nSPS) is 23.4. The third-order valence-electron chi connectivity index (χ3n) is 4.91. The van der Waals surface area contributed by atoms with Crippen LogP contribution in [0.2, 0.25) is 0 Å². The van der Waals surface area contributed by atoms with Crippen molar-refractivity contribution in [3.63, 3.8) is 0 Å². The second kappa shape index (κ2) is 7.07. The molecule has 1 atom stereocenters. The number of nitrogen functional groups attached to an aromatic ring is 1. The summed E-state index contributed by atoms with van der Waals surface area (Å²) in [5.41, 5.74) is 7.15. The molecule has 1 fully saturated rings. The Bertz CT molecular complexity index is 453. The summed E-state index contributed by atoms with van der Waals surface area (Å²) in [4.78, 5) is 8.67. The van der Waals surface area contributed by atoms with Crippen LogP contribution in [-0.2, 0) is 12.8 Å². The lowest BCUT2D eigenvalue weighted by Crippen LogP contribution is -2.44. The van der Waals surface area contributed by atoms with Crippen molar-refractivity contribution in [2.24, 2.45) is 5.92 Å². The van der Waals surface area contributed by atoms with Crippen LogP contribution >= 0.6 is 11.3 Å². The molecular weight excluding hydrogens is 280 g/mol. The molecule has 0 spiro atoms. The largest absolute Gasteiger partial charge is 0.375 e. The van der Waals surface area contributed by atoms with Crippen LogP contribution in [0.1, 0.15) is 43.2 Å². The van der Waals surface area contributed by atoms with Gasteiger partial charge in [-0.2, -0.15) is 0 Å². The van der Waals surface area contributed by atoms with Crippen molar-refractivity contribution in [1.29, 1.82) is 0 Å². The van der Waals surface area contributed by atoms with Crippen LogP contribution < -0.4 is 11.1 Å². The number of nitrogens with two attached hydrogens (primary N) is 1. The molecule has 2 aliphatic rings. The van der Waals surface area contributed by atoms with E-state index in [1.165, 1.54) is 62.4 Å². The lowest BCUT2D eigenvalue weighted by atomic mass is 9.92. The lowest BCUT2D eigenvalue weighted by molar-refractivity contribution is 0.140. The molecule has 0 saturated carbocycles. The number of nitrogens with one attached hydrogen (secondary N) is 1. The molecule has 1 unspecified atom stereocenters. The zero-order valence-electron chi connectivity index (χ0n) is 13.1. The smallest absolute Gasteiger partial charge is 0.180 e. The minimum Gasteiger partial charge on any atom is -0.375 e. The van der Waals surface area contributed by atoms with Gasteiger partial charge in [0.25, 0.3) is 0 Å². The quantitative estimate of drug-likeness (QED) is 0.876. The van der Waals surface area contributed by atoms with E-state index in [1.807, 2.05) is 0 Å². The summed E-state index contributed by atoms with van der Waals surface area (Å²) < 4.78 is 0. The molecule has 3 rings (SSSR count). The Morgan fingerprint density at radius 1 is 1.33 bits per heavy atom. The van der Waals surface area contributed by atoms with Crippen molar-refractivity contribution in [3.05, 3.63) is 10.6 Å². The van der Waals surface area contributed by atoms with Gasteiger partial charge in [0.15, 0.2) is 5.13 Å². The first-order valence-corrected chi connectivity index (χ1v) is 9.26. The predicted octanol–water partition coefficient (Wildman–Crippen LogP) is 2.29. The number of hydrogen-bond donors (Lipinski definition) is 2. The van der Waals surface area contributed by atoms with E-state index in [-0.39, 0.29) is 0 Å². The molecule has 4 nitrogen and oxygen atoms in total. The predicted molar refractivity (Wildman–Crippen MR) is 89.8 cm³/mol. The van der Waals surface area contributed by atoms with E-state index < -0.39 is 0 Å². The minimum atomic E-state index is 0.701. The van der Waals surface area contributed by atoms with E-state index in [9.17, 15) is 0 Å². The number of aryl methyl sites for hydroxylation is 1. The van der Waals surface area contributed by atoms with E-state index in [4.69, 9.17) is 5.73 Å². The maximum Gasteiger partial charge on any atom is 0.180 e. The molecule has 0 aromatic carbocycles. The second-order valence-electron chi connectivity index (χ2n) is 6.51. The minimum absolute atomic E-state index is 0.701. The fraction of sp³-hybridized carbons (Fsp3) is 0.812. The zero-order chi connectivity index (χ0) is 14.7.